The highest BCUT2D eigenvalue weighted by molar-refractivity contribution is 5.88. The van der Waals surface area contributed by atoms with Crippen molar-refractivity contribution in [3.05, 3.63) is 113 Å². The van der Waals surface area contributed by atoms with Gasteiger partial charge in [0.15, 0.2) is 0 Å². The Bertz CT molecular complexity index is 1290. The molecule has 1 unspecified atom stereocenters. The van der Waals surface area contributed by atoms with Gasteiger partial charge in [-0.15, -0.1) is 0 Å². The summed E-state index contributed by atoms with van der Waals surface area (Å²) < 4.78 is 5.22. The highest BCUT2D eigenvalue weighted by Crippen LogP contribution is 2.29. The lowest BCUT2D eigenvalue weighted by atomic mass is 9.95. The summed E-state index contributed by atoms with van der Waals surface area (Å²) in [5.41, 5.74) is 3.93. The first-order valence-electron chi connectivity index (χ1n) is 11.1. The molecule has 0 bridgehead atoms. The predicted molar refractivity (Wildman–Crippen MR) is 136 cm³/mol. The number of aromatic carboxylic acids is 1. The second-order valence-electron chi connectivity index (χ2n) is 8.10. The third kappa shape index (κ3) is 5.63. The minimum absolute atomic E-state index is 0.242. The largest absolute Gasteiger partial charge is 0.497 e. The molecule has 0 aromatic heterocycles. The summed E-state index contributed by atoms with van der Waals surface area (Å²) in [6, 6.07) is 28.4. The lowest BCUT2D eigenvalue weighted by molar-refractivity contribution is 0.0697. The lowest BCUT2D eigenvalue weighted by Crippen LogP contribution is -2.09. The Labute approximate surface area is 199 Å². The molecular weight excluding hydrogens is 426 g/mol. The number of rotatable bonds is 9. The first-order valence-corrected chi connectivity index (χ1v) is 11.1. The van der Waals surface area contributed by atoms with E-state index in [4.69, 9.17) is 9.84 Å². The highest BCUT2D eigenvalue weighted by Gasteiger charge is 2.14. The Balaban J connectivity index is 1.59. The lowest BCUT2D eigenvalue weighted by Gasteiger charge is -2.17. The second-order valence-corrected chi connectivity index (χ2v) is 8.10. The predicted octanol–water partition coefficient (Wildman–Crippen LogP) is 6.17. The van der Waals surface area contributed by atoms with Gasteiger partial charge in [0.1, 0.15) is 5.75 Å². The van der Waals surface area contributed by atoms with E-state index in [0.717, 1.165) is 38.9 Å². The van der Waals surface area contributed by atoms with Gasteiger partial charge in [-0.3, -0.25) is 0 Å². The summed E-state index contributed by atoms with van der Waals surface area (Å²) in [5.74, 6) is -0.172. The van der Waals surface area contributed by atoms with Crippen molar-refractivity contribution in [3.63, 3.8) is 0 Å². The van der Waals surface area contributed by atoms with Crippen molar-refractivity contribution in [1.29, 1.82) is 0 Å². The SMILES string of the molecule is COc1ccc(NCC(=Cc2ccc(C(=O)O)cc2)CC(O)c2cccc3ccccc23)cc1. The maximum Gasteiger partial charge on any atom is 0.335 e. The summed E-state index contributed by atoms with van der Waals surface area (Å²) in [7, 11) is 1.63. The van der Waals surface area contributed by atoms with Crippen LogP contribution in [0.2, 0.25) is 0 Å². The summed E-state index contributed by atoms with van der Waals surface area (Å²) >= 11 is 0. The first-order chi connectivity index (χ1) is 16.5. The molecular formula is C29H27NO4. The number of carboxylic acid groups (broad SMARTS) is 1. The van der Waals surface area contributed by atoms with Crippen molar-refractivity contribution >= 4 is 28.5 Å². The Kier molecular flexibility index (Phi) is 7.25. The number of nitrogens with one attached hydrogen (secondary N) is 1. The van der Waals surface area contributed by atoms with Gasteiger partial charge in [-0.25, -0.2) is 4.79 Å². The highest BCUT2D eigenvalue weighted by atomic mass is 16.5. The molecule has 0 aliphatic rings. The molecule has 34 heavy (non-hydrogen) atoms. The van der Waals surface area contributed by atoms with E-state index in [2.05, 4.69) is 5.32 Å². The first kappa shape index (κ1) is 23.1. The average molecular weight is 454 g/mol. The Morgan fingerprint density at radius 1 is 0.941 bits per heavy atom. The fraction of sp³-hybridized carbons (Fsp3) is 0.138. The Hall–Kier alpha value is -4.09. The number of aliphatic hydroxyl groups is 1. The number of carbonyl (C=O) groups is 1. The molecule has 5 heteroatoms. The summed E-state index contributed by atoms with van der Waals surface area (Å²) in [6.45, 7) is 0.523. The molecule has 3 N–H and O–H groups in total. The maximum atomic E-state index is 11.2. The molecule has 5 nitrogen and oxygen atoms in total. The average Bonchev–Trinajstić information content (AvgIpc) is 2.87. The van der Waals surface area contributed by atoms with Crippen molar-refractivity contribution in [1.82, 2.24) is 0 Å². The smallest absolute Gasteiger partial charge is 0.335 e. The summed E-state index contributed by atoms with van der Waals surface area (Å²) in [5, 5.41) is 25.9. The molecule has 0 saturated heterocycles. The molecule has 4 aromatic rings. The zero-order valence-electron chi connectivity index (χ0n) is 18.9. The molecule has 0 saturated carbocycles. The molecule has 0 aliphatic carbocycles. The van der Waals surface area contributed by atoms with Crippen LogP contribution in [0.3, 0.4) is 0 Å². The van der Waals surface area contributed by atoms with Crippen molar-refractivity contribution in [2.75, 3.05) is 19.0 Å². The molecule has 172 valence electrons. The third-order valence-corrected chi connectivity index (χ3v) is 5.78. The monoisotopic (exact) mass is 453 g/mol. The van der Waals surface area contributed by atoms with E-state index in [0.29, 0.717) is 13.0 Å². The molecule has 4 aromatic carbocycles. The Morgan fingerprint density at radius 3 is 2.35 bits per heavy atom. The van der Waals surface area contributed by atoms with Gasteiger partial charge in [-0.05, 0) is 63.9 Å². The van der Waals surface area contributed by atoms with Gasteiger partial charge < -0.3 is 20.3 Å². The van der Waals surface area contributed by atoms with Crippen LogP contribution in [0.25, 0.3) is 16.8 Å². The van der Waals surface area contributed by atoms with Crippen LogP contribution in [0.1, 0.15) is 34.0 Å². The molecule has 0 fully saturated rings. The van der Waals surface area contributed by atoms with Gasteiger partial charge in [0.2, 0.25) is 0 Å². The Morgan fingerprint density at radius 2 is 1.65 bits per heavy atom. The van der Waals surface area contributed by atoms with Crippen LogP contribution in [0.5, 0.6) is 5.75 Å². The maximum absolute atomic E-state index is 11.2. The van der Waals surface area contributed by atoms with Crippen LogP contribution in [0.4, 0.5) is 5.69 Å². The van der Waals surface area contributed by atoms with Gasteiger partial charge in [0.05, 0.1) is 18.8 Å². The van der Waals surface area contributed by atoms with E-state index in [1.807, 2.05) is 72.8 Å². The van der Waals surface area contributed by atoms with Crippen LogP contribution in [-0.2, 0) is 0 Å². The van der Waals surface area contributed by atoms with E-state index in [1.54, 1.807) is 31.4 Å². The van der Waals surface area contributed by atoms with Gasteiger partial charge in [-0.1, -0.05) is 60.7 Å². The zero-order valence-corrected chi connectivity index (χ0v) is 18.9. The fourth-order valence-electron chi connectivity index (χ4n) is 3.96. The number of aliphatic hydroxyl groups excluding tert-OH is 1. The van der Waals surface area contributed by atoms with Crippen LogP contribution in [-0.4, -0.2) is 29.8 Å². The van der Waals surface area contributed by atoms with E-state index in [1.165, 1.54) is 0 Å². The minimum atomic E-state index is -0.955. The standard InChI is InChI=1S/C29H27NO4/c1-34-25-15-13-24(14-16-25)30-19-21(17-20-9-11-23(12-10-20)29(32)33)18-28(31)27-8-4-6-22-5-2-3-7-26(22)27/h2-17,28,30-31H,18-19H2,1H3,(H,32,33). The molecule has 0 radical (unpaired) electrons. The van der Waals surface area contributed by atoms with Gasteiger partial charge in [0.25, 0.3) is 0 Å². The van der Waals surface area contributed by atoms with Crippen LogP contribution in [0.15, 0.2) is 96.6 Å². The van der Waals surface area contributed by atoms with E-state index in [9.17, 15) is 9.90 Å². The summed E-state index contributed by atoms with van der Waals surface area (Å²) in [4.78, 5) is 11.2. The third-order valence-electron chi connectivity index (χ3n) is 5.78. The van der Waals surface area contributed by atoms with Gasteiger partial charge in [0, 0.05) is 18.7 Å². The number of fused-ring (bicyclic) bond motifs is 1. The van der Waals surface area contributed by atoms with Gasteiger partial charge in [-0.2, -0.15) is 0 Å². The summed E-state index contributed by atoms with van der Waals surface area (Å²) in [6.07, 6.45) is 1.74. The normalized spacial score (nSPS) is 12.4. The molecule has 1 atom stereocenters. The molecule has 0 spiro atoms. The molecule has 0 heterocycles. The molecule has 0 amide bonds. The van der Waals surface area contributed by atoms with Crippen molar-refractivity contribution < 1.29 is 19.7 Å². The van der Waals surface area contributed by atoms with E-state index < -0.39 is 12.1 Å². The van der Waals surface area contributed by atoms with Crippen LogP contribution in [0, 0.1) is 0 Å². The number of carboxylic acids is 1. The fourth-order valence-corrected chi connectivity index (χ4v) is 3.96. The van der Waals surface area contributed by atoms with Crippen molar-refractivity contribution in [2.24, 2.45) is 0 Å². The quantitative estimate of drug-likeness (QED) is 0.283. The number of anilines is 1. The molecule has 4 rings (SSSR count). The van der Waals surface area contributed by atoms with Gasteiger partial charge >= 0.3 is 5.97 Å². The minimum Gasteiger partial charge on any atom is -0.497 e. The zero-order chi connectivity index (χ0) is 23.9. The van der Waals surface area contributed by atoms with Crippen molar-refractivity contribution in [3.8, 4) is 5.75 Å². The number of benzene rings is 4. The number of hydrogen-bond acceptors (Lipinski definition) is 4. The topological polar surface area (TPSA) is 78.8 Å². The number of ether oxygens (including phenoxy) is 1. The van der Waals surface area contributed by atoms with E-state index >= 15 is 0 Å². The second kappa shape index (κ2) is 10.7. The van der Waals surface area contributed by atoms with E-state index in [-0.39, 0.29) is 5.56 Å². The van der Waals surface area contributed by atoms with Crippen LogP contribution >= 0.6 is 0 Å². The van der Waals surface area contributed by atoms with Crippen LogP contribution < -0.4 is 10.1 Å². The number of methoxy groups -OCH3 is 1. The number of hydrogen-bond donors (Lipinski definition) is 3. The molecule has 0 aliphatic heterocycles. The van der Waals surface area contributed by atoms with Crippen molar-refractivity contribution in [2.45, 2.75) is 12.5 Å².